The van der Waals surface area contributed by atoms with Crippen molar-refractivity contribution >= 4 is 23.5 Å². The molecule has 0 aromatic carbocycles. The molecule has 0 aromatic heterocycles. The fourth-order valence-corrected chi connectivity index (χ4v) is 4.01. The number of hydrogen-bond acceptors (Lipinski definition) is 14. The predicted octanol–water partition coefficient (Wildman–Crippen LogP) is -0.156. The Kier molecular flexibility index (Phi) is 26.9. The van der Waals surface area contributed by atoms with Gasteiger partial charge in [-0.3, -0.25) is 13.6 Å². The third kappa shape index (κ3) is 33.7. The largest absolute Gasteiger partial charge is 0.469 e. The molecule has 45 heavy (non-hydrogen) atoms. The van der Waals surface area contributed by atoms with E-state index in [0.717, 1.165) is 6.42 Å². The molecule has 0 atom stereocenters. The summed E-state index contributed by atoms with van der Waals surface area (Å²) in [6.45, 7) is 3.15. The smallest absolute Gasteiger partial charge is 0.379 e. The molecule has 0 fully saturated rings. The van der Waals surface area contributed by atoms with Gasteiger partial charge in [0, 0.05) is 6.61 Å². The minimum atomic E-state index is -4.58. The van der Waals surface area contributed by atoms with Crippen LogP contribution in [0.5, 0.6) is 0 Å². The van der Waals surface area contributed by atoms with E-state index in [4.69, 9.17) is 67.3 Å². The van der Waals surface area contributed by atoms with E-state index in [9.17, 15) is 13.7 Å². The Labute approximate surface area is 262 Å². The highest BCUT2D eigenvalue weighted by atomic mass is 31.2. The number of phosphoric ester groups is 3. The third-order valence-corrected chi connectivity index (χ3v) is 6.49. The third-order valence-electron chi connectivity index (χ3n) is 4.93. The SMILES string of the molecule is CCCOCCOCC(COCCOCCOP(=O)(O)O)(COCCOCCOP(=O)(O)O)COCCOCCOP(=O)(O)O. The Balaban J connectivity index is 4.96. The number of phosphoric acid groups is 3. The average molecular weight is 727 g/mol. The number of ether oxygens (including phenoxy) is 8. The van der Waals surface area contributed by atoms with Gasteiger partial charge >= 0.3 is 23.5 Å². The lowest BCUT2D eigenvalue weighted by Crippen LogP contribution is -2.43. The molecule has 0 rings (SSSR count). The maximum absolute atomic E-state index is 10.7. The molecule has 0 aliphatic rings. The fraction of sp³-hybridized carbons (Fsp3) is 1.00. The maximum Gasteiger partial charge on any atom is 0.469 e. The van der Waals surface area contributed by atoms with Gasteiger partial charge in [0.15, 0.2) is 0 Å². The maximum atomic E-state index is 10.7. The van der Waals surface area contributed by atoms with Gasteiger partial charge in [-0.1, -0.05) is 6.92 Å². The Bertz CT molecular complexity index is 740. The molecule has 0 radical (unpaired) electrons. The minimum Gasteiger partial charge on any atom is -0.379 e. The second-order valence-electron chi connectivity index (χ2n) is 9.13. The van der Waals surface area contributed by atoms with Crippen molar-refractivity contribution in [2.24, 2.45) is 5.41 Å². The van der Waals surface area contributed by atoms with Crippen molar-refractivity contribution in [2.75, 3.05) is 126 Å². The topological polar surface area (TPSA) is 274 Å². The molecule has 0 bridgehead atoms. The van der Waals surface area contributed by atoms with Crippen LogP contribution in [-0.2, 0) is 65.2 Å². The van der Waals surface area contributed by atoms with Crippen LogP contribution < -0.4 is 0 Å². The molecule has 0 aliphatic carbocycles. The van der Waals surface area contributed by atoms with E-state index in [-0.39, 0.29) is 112 Å². The molecule has 0 saturated carbocycles. The van der Waals surface area contributed by atoms with Gasteiger partial charge in [0.25, 0.3) is 0 Å². The van der Waals surface area contributed by atoms with E-state index in [0.29, 0.717) is 13.2 Å². The molecule has 0 aromatic rings. The molecular weight excluding hydrogens is 677 g/mol. The van der Waals surface area contributed by atoms with Crippen molar-refractivity contribution in [3.05, 3.63) is 0 Å². The first-order valence-corrected chi connectivity index (χ1v) is 18.5. The summed E-state index contributed by atoms with van der Waals surface area (Å²) < 4.78 is 89.5. The zero-order chi connectivity index (χ0) is 33.9. The summed E-state index contributed by atoms with van der Waals surface area (Å²) in [5.74, 6) is 0. The summed E-state index contributed by atoms with van der Waals surface area (Å²) in [4.78, 5) is 52.2. The molecule has 0 spiro atoms. The van der Waals surface area contributed by atoms with Gasteiger partial charge in [0.2, 0.25) is 0 Å². The first kappa shape index (κ1) is 45.0. The summed E-state index contributed by atoms with van der Waals surface area (Å²) in [6.07, 6.45) is 0.855. The fourth-order valence-electron chi connectivity index (χ4n) is 3.07. The first-order valence-electron chi connectivity index (χ1n) is 13.9. The number of rotatable bonds is 34. The molecule has 272 valence electrons. The molecule has 0 amide bonds. The molecule has 0 heterocycles. The van der Waals surface area contributed by atoms with E-state index in [1.807, 2.05) is 6.92 Å². The summed E-state index contributed by atoms with van der Waals surface area (Å²) in [7, 11) is -13.7. The van der Waals surface area contributed by atoms with Crippen LogP contribution >= 0.6 is 23.5 Å². The van der Waals surface area contributed by atoms with E-state index in [1.54, 1.807) is 0 Å². The highest BCUT2D eigenvalue weighted by molar-refractivity contribution is 7.46. The van der Waals surface area contributed by atoms with E-state index >= 15 is 0 Å². The van der Waals surface area contributed by atoms with Crippen molar-refractivity contribution in [2.45, 2.75) is 13.3 Å². The highest BCUT2D eigenvalue weighted by Crippen LogP contribution is 2.36. The minimum absolute atomic E-state index is 0.0644. The molecule has 20 nitrogen and oxygen atoms in total. The normalized spacial score (nSPS) is 13.1. The van der Waals surface area contributed by atoms with Gasteiger partial charge in [-0.05, 0) is 6.42 Å². The molecular formula is C22H49O20P3. The van der Waals surface area contributed by atoms with Crippen LogP contribution in [0.15, 0.2) is 0 Å². The molecule has 6 N–H and O–H groups in total. The summed E-state index contributed by atoms with van der Waals surface area (Å²) in [5.41, 5.74) is -0.846. The Morgan fingerprint density at radius 1 is 0.378 bits per heavy atom. The van der Waals surface area contributed by atoms with Crippen LogP contribution in [-0.4, -0.2) is 155 Å². The average Bonchev–Trinajstić information content (AvgIpc) is 2.93. The van der Waals surface area contributed by atoms with Gasteiger partial charge in [-0.25, -0.2) is 13.7 Å². The molecule has 0 saturated heterocycles. The van der Waals surface area contributed by atoms with E-state index < -0.39 is 28.9 Å². The van der Waals surface area contributed by atoms with Crippen molar-refractivity contribution < 1.29 is 94.5 Å². The lowest BCUT2D eigenvalue weighted by Gasteiger charge is -2.33. The lowest BCUT2D eigenvalue weighted by atomic mass is 9.92. The summed E-state index contributed by atoms with van der Waals surface area (Å²) in [6, 6.07) is 0. The Hall–Kier alpha value is 0.01000. The van der Waals surface area contributed by atoms with Gasteiger partial charge in [-0.15, -0.1) is 0 Å². The van der Waals surface area contributed by atoms with E-state index in [2.05, 4.69) is 13.6 Å². The van der Waals surface area contributed by atoms with Crippen molar-refractivity contribution in [3.8, 4) is 0 Å². The van der Waals surface area contributed by atoms with Crippen LogP contribution in [0.2, 0.25) is 0 Å². The van der Waals surface area contributed by atoms with Crippen molar-refractivity contribution in [1.29, 1.82) is 0 Å². The lowest BCUT2D eigenvalue weighted by molar-refractivity contribution is -0.121. The van der Waals surface area contributed by atoms with Crippen LogP contribution in [0.25, 0.3) is 0 Å². The van der Waals surface area contributed by atoms with Crippen molar-refractivity contribution in [3.63, 3.8) is 0 Å². The summed E-state index contributed by atoms with van der Waals surface area (Å²) >= 11 is 0. The zero-order valence-corrected chi connectivity index (χ0v) is 28.1. The second kappa shape index (κ2) is 26.9. The van der Waals surface area contributed by atoms with Crippen LogP contribution in [0, 0.1) is 5.41 Å². The predicted molar refractivity (Wildman–Crippen MR) is 153 cm³/mol. The zero-order valence-electron chi connectivity index (χ0n) is 25.4. The first-order chi connectivity index (χ1) is 21.2. The van der Waals surface area contributed by atoms with E-state index in [1.165, 1.54) is 0 Å². The van der Waals surface area contributed by atoms with Crippen LogP contribution in [0.1, 0.15) is 13.3 Å². The Morgan fingerprint density at radius 2 is 0.600 bits per heavy atom. The summed E-state index contributed by atoms with van der Waals surface area (Å²) in [5, 5.41) is 0. The second-order valence-corrected chi connectivity index (χ2v) is 12.8. The van der Waals surface area contributed by atoms with Crippen LogP contribution in [0.4, 0.5) is 0 Å². The van der Waals surface area contributed by atoms with Crippen molar-refractivity contribution in [1.82, 2.24) is 0 Å². The van der Waals surface area contributed by atoms with Gasteiger partial charge in [0.1, 0.15) is 0 Å². The molecule has 0 aliphatic heterocycles. The highest BCUT2D eigenvalue weighted by Gasteiger charge is 2.32. The molecule has 0 unspecified atom stereocenters. The number of hydrogen-bond donors (Lipinski definition) is 6. The van der Waals surface area contributed by atoms with Gasteiger partial charge < -0.3 is 67.3 Å². The Morgan fingerprint density at radius 3 is 0.844 bits per heavy atom. The molecule has 23 heteroatoms. The monoisotopic (exact) mass is 726 g/mol. The quantitative estimate of drug-likeness (QED) is 0.0371. The van der Waals surface area contributed by atoms with Crippen LogP contribution in [0.3, 0.4) is 0 Å². The van der Waals surface area contributed by atoms with Gasteiger partial charge in [0.05, 0.1) is 124 Å². The standard InChI is InChI=1S/C22H49O20P3/c1-2-3-32-4-8-36-18-22(19-37-9-5-33-12-15-40-43(23,24)25,20-38-10-6-34-13-16-41-44(26,27)28)21-39-11-7-35-14-17-42-45(29,30)31/h2-21H2,1H3,(H2,23,24,25)(H2,26,27,28)(H2,29,30,31). The van der Waals surface area contributed by atoms with Gasteiger partial charge in [-0.2, -0.15) is 0 Å².